The van der Waals surface area contributed by atoms with Crippen LogP contribution < -0.4 is 5.56 Å². The minimum atomic E-state index is -1.13. The van der Waals surface area contributed by atoms with Crippen LogP contribution in [0.4, 0.5) is 0 Å². The highest BCUT2D eigenvalue weighted by Crippen LogP contribution is 1.98. The van der Waals surface area contributed by atoms with Crippen molar-refractivity contribution < 1.29 is 9.90 Å². The third-order valence-corrected chi connectivity index (χ3v) is 1.53. The molecule has 0 atom stereocenters. The molecule has 0 aliphatic rings. The number of nitrogens with zero attached hydrogens (tertiary/aromatic N) is 2. The second-order valence-corrected chi connectivity index (χ2v) is 2.90. The van der Waals surface area contributed by atoms with Crippen molar-refractivity contribution in [2.45, 2.75) is 19.9 Å². The zero-order chi connectivity index (χ0) is 10.0. The van der Waals surface area contributed by atoms with Crippen LogP contribution in [0.15, 0.2) is 16.9 Å². The molecule has 1 heterocycles. The van der Waals surface area contributed by atoms with E-state index in [1.807, 2.05) is 0 Å². The molecular weight excluding hydrogens is 172 g/mol. The van der Waals surface area contributed by atoms with Crippen molar-refractivity contribution >= 4 is 5.97 Å². The van der Waals surface area contributed by atoms with E-state index in [1.54, 1.807) is 13.8 Å². The first kappa shape index (κ1) is 9.44. The van der Waals surface area contributed by atoms with Gasteiger partial charge in [0.1, 0.15) is 0 Å². The summed E-state index contributed by atoms with van der Waals surface area (Å²) < 4.78 is 1.14. The number of hydrogen-bond acceptors (Lipinski definition) is 3. The molecule has 0 unspecified atom stereocenters. The van der Waals surface area contributed by atoms with E-state index in [2.05, 4.69) is 5.10 Å². The lowest BCUT2D eigenvalue weighted by molar-refractivity contribution is 0.0687. The van der Waals surface area contributed by atoms with Gasteiger partial charge in [0, 0.05) is 6.07 Å². The molecule has 0 aliphatic heterocycles. The number of hydrogen-bond donors (Lipinski definition) is 1. The summed E-state index contributed by atoms with van der Waals surface area (Å²) in [5.74, 6) is -1.13. The number of aromatic nitrogens is 2. The van der Waals surface area contributed by atoms with Gasteiger partial charge in [-0.15, -0.1) is 0 Å². The molecule has 1 aromatic rings. The van der Waals surface area contributed by atoms with Crippen molar-refractivity contribution in [1.82, 2.24) is 9.78 Å². The minimum absolute atomic E-state index is 0.117. The second-order valence-electron chi connectivity index (χ2n) is 2.90. The molecule has 0 radical (unpaired) electrons. The van der Waals surface area contributed by atoms with Crippen LogP contribution in [0.1, 0.15) is 30.4 Å². The summed E-state index contributed by atoms with van der Waals surface area (Å²) in [5, 5.41) is 12.3. The van der Waals surface area contributed by atoms with Gasteiger partial charge in [0.2, 0.25) is 0 Å². The van der Waals surface area contributed by atoms with Gasteiger partial charge in [0.05, 0.1) is 6.04 Å². The average molecular weight is 182 g/mol. The summed E-state index contributed by atoms with van der Waals surface area (Å²) in [6.07, 6.45) is 0. The van der Waals surface area contributed by atoms with E-state index >= 15 is 0 Å². The van der Waals surface area contributed by atoms with Gasteiger partial charge in [-0.25, -0.2) is 9.48 Å². The molecule has 0 bridgehead atoms. The molecule has 1 N–H and O–H groups in total. The zero-order valence-electron chi connectivity index (χ0n) is 7.39. The Morgan fingerprint density at radius 1 is 1.54 bits per heavy atom. The quantitative estimate of drug-likeness (QED) is 0.723. The van der Waals surface area contributed by atoms with Gasteiger partial charge in [0.25, 0.3) is 5.56 Å². The monoisotopic (exact) mass is 182 g/mol. The smallest absolute Gasteiger partial charge is 0.356 e. The van der Waals surface area contributed by atoms with Gasteiger partial charge in [-0.05, 0) is 19.9 Å². The van der Waals surface area contributed by atoms with Crippen molar-refractivity contribution in [1.29, 1.82) is 0 Å². The van der Waals surface area contributed by atoms with Crippen LogP contribution in [0.5, 0.6) is 0 Å². The average Bonchev–Trinajstić information content (AvgIpc) is 2.04. The molecule has 70 valence electrons. The van der Waals surface area contributed by atoms with E-state index in [9.17, 15) is 9.59 Å². The first-order chi connectivity index (χ1) is 6.02. The third kappa shape index (κ3) is 1.93. The maximum absolute atomic E-state index is 11.1. The number of carboxylic acid groups (broad SMARTS) is 1. The fourth-order valence-corrected chi connectivity index (χ4v) is 0.909. The van der Waals surface area contributed by atoms with E-state index < -0.39 is 5.97 Å². The summed E-state index contributed by atoms with van der Waals surface area (Å²) in [6.45, 7) is 3.53. The van der Waals surface area contributed by atoms with Gasteiger partial charge in [-0.3, -0.25) is 4.79 Å². The fraction of sp³-hybridized carbons (Fsp3) is 0.375. The van der Waals surface area contributed by atoms with Crippen LogP contribution >= 0.6 is 0 Å². The first-order valence-corrected chi connectivity index (χ1v) is 3.85. The summed E-state index contributed by atoms with van der Waals surface area (Å²) in [4.78, 5) is 21.7. The molecule has 0 aliphatic carbocycles. The molecule has 0 aromatic carbocycles. The topological polar surface area (TPSA) is 72.2 Å². The zero-order valence-corrected chi connectivity index (χ0v) is 7.39. The Kier molecular flexibility index (Phi) is 2.46. The van der Waals surface area contributed by atoms with Gasteiger partial charge in [-0.1, -0.05) is 0 Å². The SMILES string of the molecule is CC(C)n1nc(C(=O)O)ccc1=O. The van der Waals surface area contributed by atoms with E-state index in [4.69, 9.17) is 5.11 Å². The van der Waals surface area contributed by atoms with Crippen molar-refractivity contribution in [2.75, 3.05) is 0 Å². The summed E-state index contributed by atoms with van der Waals surface area (Å²) >= 11 is 0. The summed E-state index contributed by atoms with van der Waals surface area (Å²) in [6, 6.07) is 2.27. The summed E-state index contributed by atoms with van der Waals surface area (Å²) in [5.41, 5.74) is -0.409. The number of carbonyl (C=O) groups is 1. The second kappa shape index (κ2) is 3.38. The lowest BCUT2D eigenvalue weighted by Gasteiger charge is -2.07. The molecule has 1 rings (SSSR count). The highest BCUT2D eigenvalue weighted by molar-refractivity contribution is 5.84. The van der Waals surface area contributed by atoms with E-state index in [0.29, 0.717) is 0 Å². The molecule has 1 aromatic heterocycles. The Labute approximate surface area is 74.6 Å². The third-order valence-electron chi connectivity index (χ3n) is 1.53. The predicted octanol–water partition coefficient (Wildman–Crippen LogP) is 0.522. The highest BCUT2D eigenvalue weighted by Gasteiger charge is 2.08. The maximum Gasteiger partial charge on any atom is 0.356 e. The van der Waals surface area contributed by atoms with Crippen LogP contribution in [0, 0.1) is 0 Å². The molecule has 5 nitrogen and oxygen atoms in total. The fourth-order valence-electron chi connectivity index (χ4n) is 0.909. The van der Waals surface area contributed by atoms with Crippen molar-refractivity contribution in [3.05, 3.63) is 28.2 Å². The molecule has 13 heavy (non-hydrogen) atoms. The van der Waals surface area contributed by atoms with Crippen LogP contribution in [-0.4, -0.2) is 20.9 Å². The van der Waals surface area contributed by atoms with Gasteiger partial charge in [0.15, 0.2) is 5.69 Å². The van der Waals surface area contributed by atoms with Crippen molar-refractivity contribution in [3.8, 4) is 0 Å². The predicted molar refractivity (Wildman–Crippen MR) is 45.8 cm³/mol. The van der Waals surface area contributed by atoms with Gasteiger partial charge < -0.3 is 5.11 Å². The Bertz CT molecular complexity index is 381. The normalized spacial score (nSPS) is 10.4. The Balaban J connectivity index is 3.27. The highest BCUT2D eigenvalue weighted by atomic mass is 16.4. The Morgan fingerprint density at radius 3 is 2.62 bits per heavy atom. The number of carboxylic acids is 1. The molecule has 0 saturated heterocycles. The van der Waals surface area contributed by atoms with Crippen LogP contribution in [0.2, 0.25) is 0 Å². The van der Waals surface area contributed by atoms with Crippen molar-refractivity contribution in [3.63, 3.8) is 0 Å². The lowest BCUT2D eigenvalue weighted by atomic mass is 10.3. The largest absolute Gasteiger partial charge is 0.476 e. The first-order valence-electron chi connectivity index (χ1n) is 3.85. The number of rotatable bonds is 2. The maximum atomic E-state index is 11.1. The minimum Gasteiger partial charge on any atom is -0.476 e. The van der Waals surface area contributed by atoms with E-state index in [-0.39, 0.29) is 17.3 Å². The molecule has 0 saturated carbocycles. The van der Waals surface area contributed by atoms with Gasteiger partial charge in [-0.2, -0.15) is 5.10 Å². The Hall–Kier alpha value is -1.65. The molecule has 0 fully saturated rings. The van der Waals surface area contributed by atoms with E-state index in [1.165, 1.54) is 12.1 Å². The van der Waals surface area contributed by atoms with Gasteiger partial charge >= 0.3 is 5.97 Å². The van der Waals surface area contributed by atoms with E-state index in [0.717, 1.165) is 4.68 Å². The van der Waals surface area contributed by atoms with Crippen LogP contribution in [-0.2, 0) is 0 Å². The molecule has 0 spiro atoms. The van der Waals surface area contributed by atoms with Crippen LogP contribution in [0.25, 0.3) is 0 Å². The molecular formula is C8H10N2O3. The van der Waals surface area contributed by atoms with Crippen molar-refractivity contribution in [2.24, 2.45) is 0 Å². The molecule has 0 amide bonds. The summed E-state index contributed by atoms with van der Waals surface area (Å²) in [7, 11) is 0. The lowest BCUT2D eigenvalue weighted by Crippen LogP contribution is -2.25. The Morgan fingerprint density at radius 2 is 2.15 bits per heavy atom. The standard InChI is InChI=1S/C8H10N2O3/c1-5(2)10-7(11)4-3-6(9-10)8(12)13/h3-5H,1-2H3,(H,12,13). The molecule has 5 heteroatoms. The van der Waals surface area contributed by atoms with Crippen LogP contribution in [0.3, 0.4) is 0 Å². The number of aromatic carboxylic acids is 1.